The Balaban J connectivity index is 1.43. The number of hydrogen-bond acceptors (Lipinski definition) is 5. The van der Waals surface area contributed by atoms with E-state index >= 15 is 0 Å². The van der Waals surface area contributed by atoms with Gasteiger partial charge in [-0.2, -0.15) is 0 Å². The van der Waals surface area contributed by atoms with Crippen LogP contribution >= 0.6 is 11.8 Å². The lowest BCUT2D eigenvalue weighted by Gasteiger charge is -2.37. The van der Waals surface area contributed by atoms with Gasteiger partial charge in [-0.25, -0.2) is 0 Å². The van der Waals surface area contributed by atoms with Gasteiger partial charge in [0, 0.05) is 4.90 Å². The van der Waals surface area contributed by atoms with E-state index in [-0.39, 0.29) is 6.61 Å². The number of aliphatic hydroxyl groups excluding tert-OH is 1. The second-order valence-corrected chi connectivity index (χ2v) is 11.0. The van der Waals surface area contributed by atoms with Crippen molar-refractivity contribution < 1.29 is 19.3 Å². The lowest BCUT2D eigenvalue weighted by atomic mass is 9.80. The third-order valence-electron chi connectivity index (χ3n) is 6.77. The molecule has 0 amide bonds. The maximum Gasteiger partial charge on any atom is 0.164 e. The fourth-order valence-electron chi connectivity index (χ4n) is 5.03. The molecule has 39 heavy (non-hydrogen) atoms. The van der Waals surface area contributed by atoms with Crippen LogP contribution in [0.1, 0.15) is 30.5 Å². The summed E-state index contributed by atoms with van der Waals surface area (Å²) < 4.78 is 19.2. The van der Waals surface area contributed by atoms with E-state index in [4.69, 9.17) is 14.2 Å². The van der Waals surface area contributed by atoms with Crippen molar-refractivity contribution in [3.63, 3.8) is 0 Å². The fourth-order valence-corrected chi connectivity index (χ4v) is 5.74. The van der Waals surface area contributed by atoms with Crippen LogP contribution in [0, 0.1) is 0 Å². The van der Waals surface area contributed by atoms with Crippen LogP contribution in [0.4, 0.5) is 0 Å². The first-order valence-corrected chi connectivity index (χ1v) is 14.1. The van der Waals surface area contributed by atoms with E-state index in [1.165, 1.54) is 0 Å². The molecule has 4 aromatic carbocycles. The molecule has 1 N–H and O–H groups in total. The summed E-state index contributed by atoms with van der Waals surface area (Å²) in [5.41, 5.74) is 2.02. The van der Waals surface area contributed by atoms with Crippen LogP contribution in [0.5, 0.6) is 0 Å². The fraction of sp³-hybridized carbons (Fsp3) is 0.235. The van der Waals surface area contributed by atoms with E-state index in [9.17, 15) is 5.11 Å². The summed E-state index contributed by atoms with van der Waals surface area (Å²) in [6, 6.07) is 40.6. The molecule has 1 fully saturated rings. The van der Waals surface area contributed by atoms with Crippen molar-refractivity contribution in [3.8, 4) is 0 Å². The number of rotatable bonds is 10. The van der Waals surface area contributed by atoms with E-state index < -0.39 is 29.7 Å². The van der Waals surface area contributed by atoms with Crippen LogP contribution in [-0.4, -0.2) is 35.8 Å². The van der Waals surface area contributed by atoms with E-state index in [1.807, 2.05) is 98.1 Å². The summed E-state index contributed by atoms with van der Waals surface area (Å²) in [5, 5.41) is 13.5. The lowest BCUT2D eigenvalue weighted by molar-refractivity contribution is -0.160. The number of aliphatic hydroxyl groups is 1. The first-order valence-electron chi connectivity index (χ1n) is 13.2. The Bertz CT molecular complexity index is 1230. The Morgan fingerprint density at radius 3 is 1.72 bits per heavy atom. The summed E-state index contributed by atoms with van der Waals surface area (Å²) in [7, 11) is 0. The molecule has 1 saturated heterocycles. The molecule has 0 saturated carbocycles. The molecule has 3 atom stereocenters. The molecule has 1 aliphatic rings. The molecule has 200 valence electrons. The standard InChI is InChI=1S/C34H34O4S/c1-33(2)37-31(23-24-39-29-21-13-6-14-22-29)32(38-33)30(35)25-36-34(26-15-7-3-8-16-26,27-17-9-4-10-18-27)28-19-11-5-12-20-28/h3-24,30-32,35H,25H2,1-2H3/b24-23+/t30-,31+,32-/m1/s1. The van der Waals surface area contributed by atoms with Gasteiger partial charge in [0.2, 0.25) is 0 Å². The number of ether oxygens (including phenoxy) is 3. The second kappa shape index (κ2) is 12.3. The Morgan fingerprint density at radius 1 is 0.769 bits per heavy atom. The van der Waals surface area contributed by atoms with Crippen LogP contribution in [0.3, 0.4) is 0 Å². The van der Waals surface area contributed by atoms with Crippen molar-refractivity contribution in [3.05, 3.63) is 150 Å². The highest BCUT2D eigenvalue weighted by molar-refractivity contribution is 8.02. The van der Waals surface area contributed by atoms with Crippen molar-refractivity contribution in [2.24, 2.45) is 0 Å². The molecule has 1 heterocycles. The monoisotopic (exact) mass is 538 g/mol. The quantitative estimate of drug-likeness (QED) is 0.171. The van der Waals surface area contributed by atoms with Gasteiger partial charge in [-0.05, 0) is 54.2 Å². The van der Waals surface area contributed by atoms with Gasteiger partial charge in [-0.15, -0.1) is 0 Å². The number of thioether (sulfide) groups is 1. The molecule has 0 aliphatic carbocycles. The van der Waals surface area contributed by atoms with Gasteiger partial charge >= 0.3 is 0 Å². The third-order valence-corrected chi connectivity index (χ3v) is 7.61. The predicted octanol–water partition coefficient (Wildman–Crippen LogP) is 7.18. The molecule has 5 heteroatoms. The van der Waals surface area contributed by atoms with Crippen LogP contribution in [0.15, 0.2) is 138 Å². The van der Waals surface area contributed by atoms with Gasteiger partial charge in [0.1, 0.15) is 23.9 Å². The number of benzene rings is 4. The predicted molar refractivity (Wildman–Crippen MR) is 156 cm³/mol. The highest BCUT2D eigenvalue weighted by atomic mass is 32.2. The van der Waals surface area contributed by atoms with Gasteiger partial charge in [0.25, 0.3) is 0 Å². The summed E-state index contributed by atoms with van der Waals surface area (Å²) in [6.07, 6.45) is 0.0137. The maximum atomic E-state index is 11.5. The molecule has 4 aromatic rings. The topological polar surface area (TPSA) is 47.9 Å². The molecule has 0 unspecified atom stereocenters. The van der Waals surface area contributed by atoms with E-state index in [1.54, 1.807) is 11.8 Å². The van der Waals surface area contributed by atoms with E-state index in [0.29, 0.717) is 0 Å². The summed E-state index contributed by atoms with van der Waals surface area (Å²) in [4.78, 5) is 1.13. The van der Waals surface area contributed by atoms with Gasteiger partial charge in [0.15, 0.2) is 5.79 Å². The normalized spacial score (nSPS) is 19.8. The van der Waals surface area contributed by atoms with Gasteiger partial charge in [0.05, 0.1) is 6.61 Å². The Kier molecular flexibility index (Phi) is 8.66. The molecule has 0 aromatic heterocycles. The zero-order chi connectivity index (χ0) is 27.1. The number of hydrogen-bond donors (Lipinski definition) is 1. The van der Waals surface area contributed by atoms with Crippen molar-refractivity contribution in [2.45, 2.75) is 48.4 Å². The van der Waals surface area contributed by atoms with Crippen LogP contribution in [-0.2, 0) is 19.8 Å². The van der Waals surface area contributed by atoms with Crippen molar-refractivity contribution in [1.29, 1.82) is 0 Å². The molecular weight excluding hydrogens is 504 g/mol. The third kappa shape index (κ3) is 6.35. The van der Waals surface area contributed by atoms with E-state index in [0.717, 1.165) is 21.6 Å². The molecule has 5 rings (SSSR count). The maximum absolute atomic E-state index is 11.5. The zero-order valence-electron chi connectivity index (χ0n) is 22.2. The minimum atomic E-state index is -0.932. The highest BCUT2D eigenvalue weighted by Gasteiger charge is 2.45. The first kappa shape index (κ1) is 27.4. The molecule has 0 bridgehead atoms. The summed E-state index contributed by atoms with van der Waals surface area (Å²) in [5.74, 6) is -0.826. The highest BCUT2D eigenvalue weighted by Crippen LogP contribution is 2.41. The SMILES string of the molecule is CC1(C)O[C@H]([C@H](O)COC(c2ccccc2)(c2ccccc2)c2ccccc2)[C@H](/C=C/Sc2ccccc2)O1. The minimum absolute atomic E-state index is 0.0406. The average Bonchev–Trinajstić information content (AvgIpc) is 3.29. The first-order chi connectivity index (χ1) is 19.0. The zero-order valence-corrected chi connectivity index (χ0v) is 23.0. The van der Waals surface area contributed by atoms with Gasteiger partial charge in [-0.1, -0.05) is 121 Å². The average molecular weight is 539 g/mol. The second-order valence-electron chi connectivity index (χ2n) is 9.98. The largest absolute Gasteiger partial charge is 0.388 e. The van der Waals surface area contributed by atoms with Crippen molar-refractivity contribution in [2.75, 3.05) is 6.61 Å². The van der Waals surface area contributed by atoms with E-state index in [2.05, 4.69) is 48.5 Å². The lowest BCUT2D eigenvalue weighted by Crippen LogP contribution is -2.42. The molecule has 0 spiro atoms. The van der Waals surface area contributed by atoms with Crippen molar-refractivity contribution in [1.82, 2.24) is 0 Å². The molecule has 0 radical (unpaired) electrons. The molecular formula is C34H34O4S. The molecule has 1 aliphatic heterocycles. The van der Waals surface area contributed by atoms with Crippen LogP contribution in [0.2, 0.25) is 0 Å². The summed E-state index contributed by atoms with van der Waals surface area (Å²) >= 11 is 1.60. The van der Waals surface area contributed by atoms with Crippen molar-refractivity contribution >= 4 is 11.8 Å². The Labute approximate surface area is 235 Å². The van der Waals surface area contributed by atoms with Gasteiger partial charge in [-0.3, -0.25) is 0 Å². The minimum Gasteiger partial charge on any atom is -0.388 e. The Hall–Kier alpha value is -3.19. The Morgan fingerprint density at radius 2 is 1.23 bits per heavy atom. The molecule has 4 nitrogen and oxygen atoms in total. The smallest absolute Gasteiger partial charge is 0.164 e. The van der Waals surface area contributed by atoms with Crippen LogP contribution in [0.25, 0.3) is 0 Å². The van der Waals surface area contributed by atoms with Gasteiger partial charge < -0.3 is 19.3 Å². The summed E-state index contributed by atoms with van der Waals surface area (Å²) in [6.45, 7) is 3.78. The van der Waals surface area contributed by atoms with Crippen LogP contribution < -0.4 is 0 Å².